The van der Waals surface area contributed by atoms with E-state index in [1.165, 1.54) is 25.7 Å². The van der Waals surface area contributed by atoms with Crippen LogP contribution in [0.1, 0.15) is 36.2 Å². The number of benzene rings is 1. The van der Waals surface area contributed by atoms with Crippen molar-refractivity contribution < 1.29 is 9.21 Å². The van der Waals surface area contributed by atoms with E-state index >= 15 is 0 Å². The number of hydrogen-bond donors (Lipinski definition) is 0. The Bertz CT molecular complexity index is 713. The highest BCUT2D eigenvalue weighted by molar-refractivity contribution is 6.31. The first-order valence-corrected chi connectivity index (χ1v) is 8.81. The molecule has 2 fully saturated rings. The van der Waals surface area contributed by atoms with E-state index in [9.17, 15) is 4.79 Å². The second kappa shape index (κ2) is 6.17. The molecule has 5 heteroatoms. The Hall–Kier alpha value is -1.52. The van der Waals surface area contributed by atoms with Crippen molar-refractivity contribution in [1.29, 1.82) is 0 Å². The maximum absolute atomic E-state index is 12.7. The predicted molar refractivity (Wildman–Crippen MR) is 91.0 cm³/mol. The molecule has 1 aliphatic carbocycles. The summed E-state index contributed by atoms with van der Waals surface area (Å²) in [7, 11) is 0. The van der Waals surface area contributed by atoms with Crippen LogP contribution in [0.4, 0.5) is 0 Å². The van der Waals surface area contributed by atoms with Gasteiger partial charge in [0.25, 0.3) is 5.91 Å². The molecule has 0 unspecified atom stereocenters. The van der Waals surface area contributed by atoms with Crippen LogP contribution in [0.2, 0.25) is 5.02 Å². The molecule has 2 aromatic rings. The molecule has 1 amide bonds. The average molecular weight is 333 g/mol. The van der Waals surface area contributed by atoms with Gasteiger partial charge in [0.1, 0.15) is 5.58 Å². The lowest BCUT2D eigenvalue weighted by Gasteiger charge is -2.37. The van der Waals surface area contributed by atoms with Crippen LogP contribution < -0.4 is 0 Å². The highest BCUT2D eigenvalue weighted by Gasteiger charge is 2.29. The molecular weight excluding hydrogens is 312 g/mol. The summed E-state index contributed by atoms with van der Waals surface area (Å²) in [5.41, 5.74) is 0.711. The number of halogens is 1. The lowest BCUT2D eigenvalue weighted by atomic mass is 10.1. The summed E-state index contributed by atoms with van der Waals surface area (Å²) in [6.07, 6.45) is 5.34. The Balaban J connectivity index is 1.44. The van der Waals surface area contributed by atoms with E-state index < -0.39 is 0 Å². The lowest BCUT2D eigenvalue weighted by molar-refractivity contribution is 0.0547. The molecule has 0 bridgehead atoms. The van der Waals surface area contributed by atoms with E-state index in [0.29, 0.717) is 16.4 Å². The van der Waals surface area contributed by atoms with E-state index in [1.54, 1.807) is 12.1 Å². The molecule has 1 aromatic carbocycles. The molecule has 2 aliphatic rings. The van der Waals surface area contributed by atoms with Gasteiger partial charge in [0, 0.05) is 42.6 Å². The second-order valence-corrected chi connectivity index (χ2v) is 7.00. The number of fused-ring (bicyclic) bond motifs is 1. The number of hydrogen-bond acceptors (Lipinski definition) is 3. The SMILES string of the molecule is O=C(c1cc2cc(Cl)ccc2o1)N1CCN(C2CCCC2)CC1. The van der Waals surface area contributed by atoms with E-state index in [1.807, 2.05) is 17.0 Å². The van der Waals surface area contributed by atoms with Crippen LogP contribution in [-0.4, -0.2) is 47.9 Å². The maximum Gasteiger partial charge on any atom is 0.289 e. The van der Waals surface area contributed by atoms with E-state index in [4.69, 9.17) is 16.0 Å². The molecule has 0 N–H and O–H groups in total. The van der Waals surface area contributed by atoms with Gasteiger partial charge in [0.15, 0.2) is 5.76 Å². The Labute approximate surface area is 141 Å². The highest BCUT2D eigenvalue weighted by Crippen LogP contribution is 2.26. The van der Waals surface area contributed by atoms with Crippen LogP contribution >= 0.6 is 11.6 Å². The summed E-state index contributed by atoms with van der Waals surface area (Å²) in [4.78, 5) is 17.1. The first-order valence-electron chi connectivity index (χ1n) is 8.43. The van der Waals surface area contributed by atoms with Gasteiger partial charge in [-0.05, 0) is 37.1 Å². The predicted octanol–water partition coefficient (Wildman–Crippen LogP) is 3.79. The van der Waals surface area contributed by atoms with Gasteiger partial charge in [-0.1, -0.05) is 24.4 Å². The third-order valence-electron chi connectivity index (χ3n) is 5.13. The lowest BCUT2D eigenvalue weighted by Crippen LogP contribution is -2.51. The Morgan fingerprint density at radius 1 is 1.09 bits per heavy atom. The number of rotatable bonds is 2. The minimum absolute atomic E-state index is 0.0107. The van der Waals surface area contributed by atoms with Crippen molar-refractivity contribution in [2.45, 2.75) is 31.7 Å². The van der Waals surface area contributed by atoms with Gasteiger partial charge in [-0.2, -0.15) is 0 Å². The molecule has 1 saturated carbocycles. The van der Waals surface area contributed by atoms with Crippen LogP contribution in [0.3, 0.4) is 0 Å². The van der Waals surface area contributed by atoms with Gasteiger partial charge in [-0.25, -0.2) is 0 Å². The Morgan fingerprint density at radius 2 is 1.83 bits per heavy atom. The topological polar surface area (TPSA) is 36.7 Å². The van der Waals surface area contributed by atoms with E-state index in [-0.39, 0.29) is 5.91 Å². The minimum Gasteiger partial charge on any atom is -0.451 e. The maximum atomic E-state index is 12.7. The van der Waals surface area contributed by atoms with E-state index in [0.717, 1.165) is 37.6 Å². The van der Waals surface area contributed by atoms with Gasteiger partial charge in [0.05, 0.1) is 0 Å². The molecule has 4 nitrogen and oxygen atoms in total. The molecule has 0 spiro atoms. The number of piperazine rings is 1. The monoisotopic (exact) mass is 332 g/mol. The molecule has 0 radical (unpaired) electrons. The molecule has 1 aliphatic heterocycles. The van der Waals surface area contributed by atoms with E-state index in [2.05, 4.69) is 4.90 Å². The van der Waals surface area contributed by atoms with Crippen molar-refractivity contribution in [3.05, 3.63) is 35.0 Å². The van der Waals surface area contributed by atoms with Crippen LogP contribution in [0.5, 0.6) is 0 Å². The third-order valence-corrected chi connectivity index (χ3v) is 5.37. The van der Waals surface area contributed by atoms with Crippen molar-refractivity contribution in [2.24, 2.45) is 0 Å². The summed E-state index contributed by atoms with van der Waals surface area (Å²) < 4.78 is 5.70. The first-order chi connectivity index (χ1) is 11.2. The van der Waals surface area contributed by atoms with Crippen molar-refractivity contribution in [3.8, 4) is 0 Å². The molecule has 0 atom stereocenters. The molecule has 23 heavy (non-hydrogen) atoms. The number of furan rings is 1. The smallest absolute Gasteiger partial charge is 0.289 e. The van der Waals surface area contributed by atoms with Crippen molar-refractivity contribution in [3.63, 3.8) is 0 Å². The summed E-state index contributed by atoms with van der Waals surface area (Å²) >= 11 is 5.99. The molecule has 2 heterocycles. The quantitative estimate of drug-likeness (QED) is 0.839. The second-order valence-electron chi connectivity index (χ2n) is 6.56. The Kier molecular flexibility index (Phi) is 4.04. The normalized spacial score (nSPS) is 20.5. The fourth-order valence-corrected chi connectivity index (χ4v) is 4.02. The van der Waals surface area contributed by atoms with Crippen LogP contribution in [0.25, 0.3) is 11.0 Å². The standard InChI is InChI=1S/C18H21ClN2O2/c19-14-5-6-16-13(11-14)12-17(23-16)18(22)21-9-7-20(8-10-21)15-3-1-2-4-15/h5-6,11-12,15H,1-4,7-10H2. The number of carbonyl (C=O) groups excluding carboxylic acids is 1. The average Bonchev–Trinajstić information content (AvgIpc) is 3.23. The van der Waals surface area contributed by atoms with Crippen LogP contribution in [0, 0.1) is 0 Å². The third kappa shape index (κ3) is 2.98. The number of nitrogens with zero attached hydrogens (tertiary/aromatic N) is 2. The minimum atomic E-state index is -0.0107. The van der Waals surface area contributed by atoms with Gasteiger partial charge < -0.3 is 9.32 Å². The summed E-state index contributed by atoms with van der Waals surface area (Å²) in [6.45, 7) is 3.52. The Morgan fingerprint density at radius 3 is 2.57 bits per heavy atom. The van der Waals surface area contributed by atoms with Crippen LogP contribution in [-0.2, 0) is 0 Å². The molecule has 4 rings (SSSR count). The molecule has 1 aromatic heterocycles. The van der Waals surface area contributed by atoms with Crippen molar-refractivity contribution in [2.75, 3.05) is 26.2 Å². The zero-order valence-corrected chi connectivity index (χ0v) is 13.9. The van der Waals surface area contributed by atoms with Crippen molar-refractivity contribution in [1.82, 2.24) is 9.80 Å². The van der Waals surface area contributed by atoms with Gasteiger partial charge >= 0.3 is 0 Å². The van der Waals surface area contributed by atoms with Crippen LogP contribution in [0.15, 0.2) is 28.7 Å². The zero-order valence-electron chi connectivity index (χ0n) is 13.1. The van der Waals surface area contributed by atoms with Gasteiger partial charge in [0.2, 0.25) is 0 Å². The molecule has 122 valence electrons. The highest BCUT2D eigenvalue weighted by atomic mass is 35.5. The summed E-state index contributed by atoms with van der Waals surface area (Å²) in [5, 5.41) is 1.54. The number of amides is 1. The summed E-state index contributed by atoms with van der Waals surface area (Å²) in [6, 6.07) is 7.96. The largest absolute Gasteiger partial charge is 0.451 e. The fourth-order valence-electron chi connectivity index (χ4n) is 3.84. The zero-order chi connectivity index (χ0) is 15.8. The number of carbonyl (C=O) groups is 1. The van der Waals surface area contributed by atoms with Crippen molar-refractivity contribution >= 4 is 28.5 Å². The van der Waals surface area contributed by atoms with Gasteiger partial charge in [-0.15, -0.1) is 0 Å². The van der Waals surface area contributed by atoms with Gasteiger partial charge in [-0.3, -0.25) is 9.69 Å². The summed E-state index contributed by atoms with van der Waals surface area (Å²) in [5.74, 6) is 0.403. The molecule has 1 saturated heterocycles. The first kappa shape index (κ1) is 15.0. The molecular formula is C18H21ClN2O2. The fraction of sp³-hybridized carbons (Fsp3) is 0.500.